The van der Waals surface area contributed by atoms with Crippen molar-refractivity contribution in [2.45, 2.75) is 45.6 Å². The van der Waals surface area contributed by atoms with E-state index in [1.807, 2.05) is 25.1 Å². The zero-order valence-corrected chi connectivity index (χ0v) is 12.8. The lowest BCUT2D eigenvalue weighted by Crippen LogP contribution is -2.41. The molecule has 4 heteroatoms. The van der Waals surface area contributed by atoms with Crippen LogP contribution in [-0.4, -0.2) is 11.9 Å². The maximum Gasteiger partial charge on any atom is 0.262 e. The van der Waals surface area contributed by atoms with Crippen molar-refractivity contribution in [3.8, 4) is 6.07 Å². The highest BCUT2D eigenvalue weighted by atomic mass is 32.1. The first-order valence-electron chi connectivity index (χ1n) is 7.09. The monoisotopic (exact) mass is 288 g/mol. The van der Waals surface area contributed by atoms with E-state index in [9.17, 15) is 10.1 Å². The fraction of sp³-hybridized carbons (Fsp3) is 0.500. The van der Waals surface area contributed by atoms with Crippen molar-refractivity contribution in [2.24, 2.45) is 5.92 Å². The van der Waals surface area contributed by atoms with Crippen LogP contribution in [-0.2, 0) is 4.79 Å². The van der Waals surface area contributed by atoms with Gasteiger partial charge in [-0.15, -0.1) is 11.3 Å². The Balaban J connectivity index is 2.06. The minimum atomic E-state index is -0.239. The largest absolute Gasteiger partial charge is 0.348 e. The fourth-order valence-electron chi connectivity index (χ4n) is 2.60. The molecule has 0 spiro atoms. The number of nitriles is 1. The van der Waals surface area contributed by atoms with Crippen LogP contribution in [0.4, 0.5) is 0 Å². The number of aryl methyl sites for hydroxylation is 1. The summed E-state index contributed by atoms with van der Waals surface area (Å²) >= 11 is 1.59. The lowest BCUT2D eigenvalue weighted by molar-refractivity contribution is -0.118. The average molecular weight is 288 g/mol. The summed E-state index contributed by atoms with van der Waals surface area (Å²) in [4.78, 5) is 14.3. The van der Waals surface area contributed by atoms with Crippen LogP contribution in [0.15, 0.2) is 17.7 Å². The SMILES string of the molecule is Cc1ccc(/C=C(\C#N)C(=O)N[C@H]2CCCC[C@H]2C)s1. The first-order chi connectivity index (χ1) is 9.60. The predicted molar refractivity (Wildman–Crippen MR) is 82.2 cm³/mol. The van der Waals surface area contributed by atoms with Gasteiger partial charge in [-0.1, -0.05) is 19.8 Å². The highest BCUT2D eigenvalue weighted by Gasteiger charge is 2.24. The van der Waals surface area contributed by atoms with E-state index in [0.717, 1.165) is 24.1 Å². The third kappa shape index (κ3) is 3.71. The Morgan fingerprint density at radius 2 is 2.20 bits per heavy atom. The molecule has 1 fully saturated rings. The van der Waals surface area contributed by atoms with Gasteiger partial charge in [0.05, 0.1) is 0 Å². The number of carbonyl (C=O) groups excluding carboxylic acids is 1. The number of hydrogen-bond donors (Lipinski definition) is 1. The highest BCUT2D eigenvalue weighted by Crippen LogP contribution is 2.24. The molecule has 20 heavy (non-hydrogen) atoms. The molecule has 0 bridgehead atoms. The summed E-state index contributed by atoms with van der Waals surface area (Å²) in [7, 11) is 0. The summed E-state index contributed by atoms with van der Waals surface area (Å²) in [6.45, 7) is 4.18. The van der Waals surface area contributed by atoms with Gasteiger partial charge in [-0.25, -0.2) is 0 Å². The van der Waals surface area contributed by atoms with Crippen LogP contribution < -0.4 is 5.32 Å². The highest BCUT2D eigenvalue weighted by molar-refractivity contribution is 7.12. The van der Waals surface area contributed by atoms with E-state index in [2.05, 4.69) is 12.2 Å². The minimum Gasteiger partial charge on any atom is -0.348 e. The summed E-state index contributed by atoms with van der Waals surface area (Å²) in [5.41, 5.74) is 0.199. The van der Waals surface area contributed by atoms with Crippen molar-refractivity contribution in [2.75, 3.05) is 0 Å². The molecule has 0 aliphatic heterocycles. The van der Waals surface area contributed by atoms with Gasteiger partial charge >= 0.3 is 0 Å². The van der Waals surface area contributed by atoms with Crippen molar-refractivity contribution in [3.05, 3.63) is 27.5 Å². The molecule has 1 saturated carbocycles. The van der Waals surface area contributed by atoms with E-state index in [1.54, 1.807) is 17.4 Å². The topological polar surface area (TPSA) is 52.9 Å². The van der Waals surface area contributed by atoms with E-state index >= 15 is 0 Å². The van der Waals surface area contributed by atoms with Crippen molar-refractivity contribution < 1.29 is 4.79 Å². The Morgan fingerprint density at radius 3 is 2.80 bits per heavy atom. The molecule has 1 aromatic heterocycles. The third-order valence-corrected chi connectivity index (χ3v) is 4.79. The van der Waals surface area contributed by atoms with Gasteiger partial charge in [-0.05, 0) is 43.9 Å². The first kappa shape index (κ1) is 14.8. The second kappa shape index (κ2) is 6.71. The predicted octanol–water partition coefficient (Wildman–Crippen LogP) is 3.66. The van der Waals surface area contributed by atoms with Gasteiger partial charge in [0.25, 0.3) is 5.91 Å². The van der Waals surface area contributed by atoms with Crippen LogP contribution in [0.25, 0.3) is 6.08 Å². The second-order valence-corrected chi connectivity index (χ2v) is 6.78. The summed E-state index contributed by atoms with van der Waals surface area (Å²) in [6, 6.07) is 6.16. The molecule has 1 amide bonds. The molecule has 1 aliphatic rings. The number of nitrogens with zero attached hydrogens (tertiary/aromatic N) is 1. The number of thiophene rings is 1. The second-order valence-electron chi connectivity index (χ2n) is 5.46. The van der Waals surface area contributed by atoms with E-state index in [4.69, 9.17) is 0 Å². The molecule has 106 valence electrons. The Labute approximate surface area is 124 Å². The van der Waals surface area contributed by atoms with E-state index in [1.165, 1.54) is 11.3 Å². The van der Waals surface area contributed by atoms with Gasteiger partial charge in [0.2, 0.25) is 0 Å². The quantitative estimate of drug-likeness (QED) is 0.681. The van der Waals surface area contributed by atoms with Crippen LogP contribution in [0.5, 0.6) is 0 Å². The lowest BCUT2D eigenvalue weighted by Gasteiger charge is -2.29. The Bertz CT molecular complexity index is 553. The number of hydrogen-bond acceptors (Lipinski definition) is 3. The van der Waals surface area contributed by atoms with Crippen LogP contribution in [0.2, 0.25) is 0 Å². The lowest BCUT2D eigenvalue weighted by atomic mass is 9.86. The third-order valence-electron chi connectivity index (χ3n) is 3.84. The molecule has 2 rings (SSSR count). The smallest absolute Gasteiger partial charge is 0.262 e. The molecule has 1 aliphatic carbocycles. The fourth-order valence-corrected chi connectivity index (χ4v) is 3.42. The molecule has 0 aromatic carbocycles. The minimum absolute atomic E-state index is 0.199. The molecule has 0 saturated heterocycles. The maximum atomic E-state index is 12.2. The molecule has 0 unspecified atom stereocenters. The van der Waals surface area contributed by atoms with Crippen molar-refractivity contribution in [1.82, 2.24) is 5.32 Å². The number of carbonyl (C=O) groups is 1. The van der Waals surface area contributed by atoms with Gasteiger partial charge in [0, 0.05) is 15.8 Å². The number of amides is 1. The number of rotatable bonds is 3. The molecule has 1 N–H and O–H groups in total. The zero-order valence-electron chi connectivity index (χ0n) is 12.0. The van der Waals surface area contributed by atoms with Crippen LogP contribution >= 0.6 is 11.3 Å². The standard InChI is InChI=1S/C16H20N2OS/c1-11-5-3-4-6-15(11)18-16(19)13(10-17)9-14-8-7-12(2)20-14/h7-9,11,15H,3-6H2,1-2H3,(H,18,19)/b13-9+/t11-,15+/m1/s1. The summed E-state index contributed by atoms with van der Waals surface area (Å²) in [6.07, 6.45) is 6.25. The van der Waals surface area contributed by atoms with Crippen LogP contribution in [0.3, 0.4) is 0 Å². The first-order valence-corrected chi connectivity index (χ1v) is 7.91. The maximum absolute atomic E-state index is 12.2. The summed E-state index contributed by atoms with van der Waals surface area (Å²) in [5.74, 6) is 0.258. The normalized spacial score (nSPS) is 23.1. The van der Waals surface area contributed by atoms with Gasteiger partial charge in [-0.2, -0.15) is 5.26 Å². The van der Waals surface area contributed by atoms with Gasteiger partial charge in [-0.3, -0.25) is 4.79 Å². The Morgan fingerprint density at radius 1 is 1.45 bits per heavy atom. The molecular formula is C16H20N2OS. The van der Waals surface area contributed by atoms with E-state index in [-0.39, 0.29) is 17.5 Å². The summed E-state index contributed by atoms with van der Waals surface area (Å²) in [5, 5.41) is 12.2. The van der Waals surface area contributed by atoms with Gasteiger partial charge in [0.1, 0.15) is 11.6 Å². The summed E-state index contributed by atoms with van der Waals surface area (Å²) < 4.78 is 0. The van der Waals surface area contributed by atoms with Crippen molar-refractivity contribution in [1.29, 1.82) is 5.26 Å². The average Bonchev–Trinajstić information content (AvgIpc) is 2.84. The van der Waals surface area contributed by atoms with E-state index < -0.39 is 0 Å². The van der Waals surface area contributed by atoms with E-state index in [0.29, 0.717) is 5.92 Å². The molecular weight excluding hydrogens is 268 g/mol. The Hall–Kier alpha value is -1.60. The Kier molecular flexibility index (Phi) is 4.97. The van der Waals surface area contributed by atoms with Crippen molar-refractivity contribution >= 4 is 23.3 Å². The van der Waals surface area contributed by atoms with Gasteiger partial charge < -0.3 is 5.32 Å². The molecule has 1 aromatic rings. The molecule has 0 radical (unpaired) electrons. The molecule has 2 atom stereocenters. The van der Waals surface area contributed by atoms with Gasteiger partial charge in [0.15, 0.2) is 0 Å². The van der Waals surface area contributed by atoms with Crippen LogP contribution in [0.1, 0.15) is 42.4 Å². The zero-order chi connectivity index (χ0) is 14.5. The molecule has 1 heterocycles. The molecule has 3 nitrogen and oxygen atoms in total. The number of nitrogens with one attached hydrogen (secondary N) is 1. The van der Waals surface area contributed by atoms with Crippen LogP contribution in [0, 0.1) is 24.2 Å². The van der Waals surface area contributed by atoms with Crippen molar-refractivity contribution in [3.63, 3.8) is 0 Å².